The van der Waals surface area contributed by atoms with Crippen molar-refractivity contribution >= 4 is 11.7 Å². The van der Waals surface area contributed by atoms with Crippen molar-refractivity contribution in [3.63, 3.8) is 0 Å². The quantitative estimate of drug-likeness (QED) is 0.636. The average Bonchev–Trinajstić information content (AvgIpc) is 3.57. The van der Waals surface area contributed by atoms with Crippen molar-refractivity contribution in [3.8, 4) is 11.6 Å². The molecule has 0 saturated heterocycles. The number of alkyl halides is 2. The van der Waals surface area contributed by atoms with Gasteiger partial charge in [0.1, 0.15) is 5.78 Å². The number of halogens is 2. The molecule has 1 unspecified atom stereocenters. The van der Waals surface area contributed by atoms with Crippen molar-refractivity contribution in [3.05, 3.63) is 47.4 Å². The number of nitrogens with zero attached hydrogens (tertiary/aromatic N) is 2. The number of nitrogens with one attached hydrogen (secondary N) is 1. The second-order valence-corrected chi connectivity index (χ2v) is 7.13. The standard InChI is InChI=1S/C21H23F2N3O4/c1-12(15-8-18(29-2)21(25-10-15)30-11-19(22)23)26-20(28)14-5-6-24-16(7-14)9-17(27)13-3-4-13/h5-8,10,12-13,19H,3-4,9,11H2,1-2H3,(H,26,28). The Hall–Kier alpha value is -3.10. The normalized spacial score (nSPS) is 14.3. The second-order valence-electron chi connectivity index (χ2n) is 7.13. The number of ketones is 1. The lowest BCUT2D eigenvalue weighted by atomic mass is 10.1. The highest BCUT2D eigenvalue weighted by Crippen LogP contribution is 2.31. The number of pyridine rings is 2. The molecule has 30 heavy (non-hydrogen) atoms. The van der Waals surface area contributed by atoms with E-state index in [1.54, 1.807) is 25.1 Å². The van der Waals surface area contributed by atoms with Gasteiger partial charge in [0, 0.05) is 36.0 Å². The van der Waals surface area contributed by atoms with Gasteiger partial charge in [0.2, 0.25) is 0 Å². The molecule has 160 valence electrons. The highest BCUT2D eigenvalue weighted by atomic mass is 19.3. The molecule has 2 aromatic heterocycles. The third-order valence-corrected chi connectivity index (χ3v) is 4.72. The molecule has 1 N–H and O–H groups in total. The molecule has 1 amide bonds. The second kappa shape index (κ2) is 9.60. The fraction of sp³-hybridized carbons (Fsp3) is 0.429. The van der Waals surface area contributed by atoms with Gasteiger partial charge in [0.25, 0.3) is 18.2 Å². The summed E-state index contributed by atoms with van der Waals surface area (Å²) in [5, 5.41) is 2.84. The van der Waals surface area contributed by atoms with Crippen LogP contribution in [0.4, 0.5) is 8.78 Å². The van der Waals surface area contributed by atoms with Crippen LogP contribution in [-0.4, -0.2) is 41.8 Å². The molecule has 1 atom stereocenters. The fourth-order valence-corrected chi connectivity index (χ4v) is 2.89. The Labute approximate surface area is 172 Å². The Morgan fingerprint density at radius 3 is 2.70 bits per heavy atom. The van der Waals surface area contributed by atoms with E-state index >= 15 is 0 Å². The molecule has 1 aliphatic carbocycles. The van der Waals surface area contributed by atoms with Crippen LogP contribution in [0.2, 0.25) is 0 Å². The number of hydrogen-bond acceptors (Lipinski definition) is 6. The summed E-state index contributed by atoms with van der Waals surface area (Å²) in [6.07, 6.45) is 2.40. The predicted molar refractivity (Wildman–Crippen MR) is 104 cm³/mol. The molecule has 0 radical (unpaired) electrons. The summed E-state index contributed by atoms with van der Waals surface area (Å²) in [5.41, 5.74) is 1.58. The number of ether oxygens (including phenoxy) is 2. The fourth-order valence-electron chi connectivity index (χ4n) is 2.89. The molecule has 0 spiro atoms. The van der Waals surface area contributed by atoms with Crippen LogP contribution in [0.15, 0.2) is 30.6 Å². The van der Waals surface area contributed by atoms with E-state index in [0.717, 1.165) is 12.8 Å². The molecule has 2 heterocycles. The van der Waals surface area contributed by atoms with E-state index in [9.17, 15) is 18.4 Å². The van der Waals surface area contributed by atoms with E-state index in [0.29, 0.717) is 16.8 Å². The van der Waals surface area contributed by atoms with Crippen LogP contribution >= 0.6 is 0 Å². The first-order valence-electron chi connectivity index (χ1n) is 9.60. The van der Waals surface area contributed by atoms with E-state index in [2.05, 4.69) is 15.3 Å². The average molecular weight is 419 g/mol. The first kappa shape index (κ1) is 21.6. The summed E-state index contributed by atoms with van der Waals surface area (Å²) < 4.78 is 34.8. The molecule has 9 heteroatoms. The maximum atomic E-state index is 12.6. The molecule has 3 rings (SSSR count). The van der Waals surface area contributed by atoms with Crippen molar-refractivity contribution in [2.24, 2.45) is 5.92 Å². The van der Waals surface area contributed by atoms with Crippen molar-refractivity contribution < 1.29 is 27.8 Å². The monoisotopic (exact) mass is 419 g/mol. The number of rotatable bonds is 10. The highest BCUT2D eigenvalue weighted by Gasteiger charge is 2.29. The van der Waals surface area contributed by atoms with Crippen molar-refractivity contribution in [2.45, 2.75) is 38.7 Å². The highest BCUT2D eigenvalue weighted by molar-refractivity contribution is 5.94. The van der Waals surface area contributed by atoms with Crippen LogP contribution in [0.25, 0.3) is 0 Å². The van der Waals surface area contributed by atoms with Gasteiger partial charge < -0.3 is 14.8 Å². The maximum absolute atomic E-state index is 12.6. The number of hydrogen-bond donors (Lipinski definition) is 1. The predicted octanol–water partition coefficient (Wildman–Crippen LogP) is 3.14. The van der Waals surface area contributed by atoms with Crippen molar-refractivity contribution in [2.75, 3.05) is 13.7 Å². The van der Waals surface area contributed by atoms with Crippen LogP contribution in [-0.2, 0) is 11.2 Å². The Morgan fingerprint density at radius 1 is 1.27 bits per heavy atom. The van der Waals surface area contributed by atoms with E-state index < -0.39 is 19.1 Å². The molecular formula is C21H23F2N3O4. The minimum Gasteiger partial charge on any atom is -0.491 e. The lowest BCUT2D eigenvalue weighted by molar-refractivity contribution is -0.119. The van der Waals surface area contributed by atoms with E-state index in [4.69, 9.17) is 9.47 Å². The molecule has 0 aliphatic heterocycles. The maximum Gasteiger partial charge on any atom is 0.272 e. The van der Waals surface area contributed by atoms with Crippen LogP contribution < -0.4 is 14.8 Å². The summed E-state index contributed by atoms with van der Waals surface area (Å²) in [5.74, 6) is 0.111. The van der Waals surface area contributed by atoms with Gasteiger partial charge in [-0.15, -0.1) is 0 Å². The molecule has 7 nitrogen and oxygen atoms in total. The summed E-state index contributed by atoms with van der Waals surface area (Å²) in [7, 11) is 1.38. The van der Waals surface area contributed by atoms with Gasteiger partial charge in [-0.05, 0) is 43.5 Å². The Balaban J connectivity index is 1.65. The molecule has 0 aromatic carbocycles. The smallest absolute Gasteiger partial charge is 0.272 e. The van der Waals surface area contributed by atoms with Gasteiger partial charge in [0.05, 0.1) is 13.2 Å². The Bertz CT molecular complexity index is 919. The Morgan fingerprint density at radius 2 is 2.03 bits per heavy atom. The number of carbonyl (C=O) groups is 2. The zero-order valence-corrected chi connectivity index (χ0v) is 16.7. The van der Waals surface area contributed by atoms with E-state index in [-0.39, 0.29) is 35.7 Å². The van der Waals surface area contributed by atoms with E-state index in [1.807, 2.05) is 0 Å². The van der Waals surface area contributed by atoms with Crippen LogP contribution in [0.1, 0.15) is 47.4 Å². The third-order valence-electron chi connectivity index (χ3n) is 4.72. The lowest BCUT2D eigenvalue weighted by Gasteiger charge is -2.16. The molecule has 2 aromatic rings. The van der Waals surface area contributed by atoms with Gasteiger partial charge >= 0.3 is 0 Å². The van der Waals surface area contributed by atoms with Gasteiger partial charge in [-0.3, -0.25) is 14.6 Å². The minimum absolute atomic E-state index is 0.0424. The largest absolute Gasteiger partial charge is 0.491 e. The van der Waals surface area contributed by atoms with Gasteiger partial charge in [0.15, 0.2) is 12.4 Å². The number of Topliss-reactive ketones (excluding diaryl/α,β-unsaturated/α-hetero) is 1. The Kier molecular flexibility index (Phi) is 6.91. The first-order chi connectivity index (χ1) is 14.4. The number of aromatic nitrogens is 2. The van der Waals surface area contributed by atoms with Crippen LogP contribution in [0, 0.1) is 5.92 Å². The molecule has 1 aliphatic rings. The molecule has 0 bridgehead atoms. The van der Waals surface area contributed by atoms with Crippen molar-refractivity contribution in [1.82, 2.24) is 15.3 Å². The molecular weight excluding hydrogens is 396 g/mol. The number of methoxy groups -OCH3 is 1. The first-order valence-corrected chi connectivity index (χ1v) is 9.60. The summed E-state index contributed by atoms with van der Waals surface area (Å²) >= 11 is 0. The van der Waals surface area contributed by atoms with Gasteiger partial charge in [-0.2, -0.15) is 0 Å². The third kappa shape index (κ3) is 5.71. The van der Waals surface area contributed by atoms with Crippen LogP contribution in [0.5, 0.6) is 11.6 Å². The molecule has 1 saturated carbocycles. The van der Waals surface area contributed by atoms with Crippen LogP contribution in [0.3, 0.4) is 0 Å². The topological polar surface area (TPSA) is 90.4 Å². The van der Waals surface area contributed by atoms with E-state index in [1.165, 1.54) is 19.5 Å². The SMILES string of the molecule is COc1cc(C(C)NC(=O)c2ccnc(CC(=O)C3CC3)c2)cnc1OCC(F)F. The zero-order valence-electron chi connectivity index (χ0n) is 16.7. The number of carbonyl (C=O) groups excluding carboxylic acids is 2. The zero-order chi connectivity index (χ0) is 21.7. The van der Waals surface area contributed by atoms with Crippen molar-refractivity contribution in [1.29, 1.82) is 0 Å². The summed E-state index contributed by atoms with van der Waals surface area (Å²) in [4.78, 5) is 32.8. The molecule has 1 fully saturated rings. The summed E-state index contributed by atoms with van der Waals surface area (Å²) in [6.45, 7) is 0.968. The minimum atomic E-state index is -2.63. The number of amides is 1. The summed E-state index contributed by atoms with van der Waals surface area (Å²) in [6, 6.07) is 4.33. The van der Waals surface area contributed by atoms with Gasteiger partial charge in [-0.25, -0.2) is 13.8 Å². The van der Waals surface area contributed by atoms with Gasteiger partial charge in [-0.1, -0.05) is 0 Å². The lowest BCUT2D eigenvalue weighted by Crippen LogP contribution is -2.27.